The molecule has 2 aromatic carbocycles. The van der Waals surface area contributed by atoms with Crippen molar-refractivity contribution in [2.24, 2.45) is 0 Å². The smallest absolute Gasteiger partial charge is 0.258 e. The van der Waals surface area contributed by atoms with E-state index in [9.17, 15) is 0 Å². The topological polar surface area (TPSA) is 63.9 Å². The number of H-pyrrole nitrogens is 1. The Bertz CT molecular complexity index is 1040. The minimum Gasteiger partial charge on any atom is -0.489 e. The lowest BCUT2D eigenvalue weighted by Crippen LogP contribution is -2.05. The van der Waals surface area contributed by atoms with Crippen LogP contribution < -0.4 is 4.74 Å². The summed E-state index contributed by atoms with van der Waals surface area (Å²) in [6, 6.07) is 13.4. The van der Waals surface area contributed by atoms with E-state index in [0.29, 0.717) is 22.5 Å². The van der Waals surface area contributed by atoms with Gasteiger partial charge in [-0.15, -0.1) is 0 Å². The van der Waals surface area contributed by atoms with Crippen LogP contribution in [0.5, 0.6) is 5.75 Å². The molecule has 0 amide bonds. The Morgan fingerprint density at radius 1 is 1.08 bits per heavy atom. The van der Waals surface area contributed by atoms with Gasteiger partial charge in [0, 0.05) is 22.8 Å². The molecule has 5 nitrogen and oxygen atoms in total. The second-order valence-electron chi connectivity index (χ2n) is 6.01. The molecule has 0 saturated carbocycles. The van der Waals surface area contributed by atoms with Crippen LogP contribution in [0.3, 0.4) is 0 Å². The molecule has 4 aromatic rings. The van der Waals surface area contributed by atoms with Crippen LogP contribution in [0.1, 0.15) is 13.8 Å². The van der Waals surface area contributed by atoms with Gasteiger partial charge in [-0.2, -0.15) is 4.98 Å². The summed E-state index contributed by atoms with van der Waals surface area (Å²) in [4.78, 5) is 7.66. The molecule has 0 aliphatic heterocycles. The van der Waals surface area contributed by atoms with Gasteiger partial charge in [-0.1, -0.05) is 28.9 Å². The highest BCUT2D eigenvalue weighted by atomic mass is 35.5. The predicted octanol–water partition coefficient (Wildman–Crippen LogP) is 5.33. The molecule has 0 atom stereocenters. The highest BCUT2D eigenvalue weighted by Crippen LogP contribution is 2.31. The predicted molar refractivity (Wildman–Crippen MR) is 97.8 cm³/mol. The largest absolute Gasteiger partial charge is 0.489 e. The fourth-order valence-electron chi connectivity index (χ4n) is 2.63. The molecule has 1 N–H and O–H groups in total. The van der Waals surface area contributed by atoms with Crippen LogP contribution >= 0.6 is 11.6 Å². The maximum Gasteiger partial charge on any atom is 0.258 e. The molecule has 0 radical (unpaired) electrons. The Morgan fingerprint density at radius 3 is 2.72 bits per heavy atom. The van der Waals surface area contributed by atoms with E-state index in [-0.39, 0.29) is 6.10 Å². The van der Waals surface area contributed by atoms with Gasteiger partial charge in [0.15, 0.2) is 0 Å². The van der Waals surface area contributed by atoms with Crippen LogP contribution in [0.2, 0.25) is 5.02 Å². The van der Waals surface area contributed by atoms with Gasteiger partial charge in [0.1, 0.15) is 5.75 Å². The molecule has 0 fully saturated rings. The molecule has 0 spiro atoms. The summed E-state index contributed by atoms with van der Waals surface area (Å²) in [7, 11) is 0. The van der Waals surface area contributed by atoms with E-state index in [2.05, 4.69) is 15.1 Å². The van der Waals surface area contributed by atoms with E-state index < -0.39 is 0 Å². The fourth-order valence-corrected chi connectivity index (χ4v) is 2.85. The number of halogens is 1. The lowest BCUT2D eigenvalue weighted by atomic mass is 10.1. The van der Waals surface area contributed by atoms with Crippen molar-refractivity contribution >= 4 is 22.5 Å². The first-order chi connectivity index (χ1) is 12.1. The zero-order valence-corrected chi connectivity index (χ0v) is 14.5. The molecular formula is C19H16ClN3O2. The van der Waals surface area contributed by atoms with Crippen LogP contribution in [-0.4, -0.2) is 21.2 Å². The van der Waals surface area contributed by atoms with Crippen LogP contribution in [0.25, 0.3) is 33.7 Å². The number of ether oxygens (including phenoxy) is 1. The van der Waals surface area contributed by atoms with Gasteiger partial charge in [0.05, 0.1) is 11.1 Å². The quantitative estimate of drug-likeness (QED) is 0.539. The number of hydrogen-bond acceptors (Lipinski definition) is 4. The van der Waals surface area contributed by atoms with E-state index >= 15 is 0 Å². The van der Waals surface area contributed by atoms with Gasteiger partial charge in [-0.3, -0.25) is 0 Å². The molecular weight excluding hydrogens is 338 g/mol. The van der Waals surface area contributed by atoms with Crippen molar-refractivity contribution in [3.63, 3.8) is 0 Å². The maximum atomic E-state index is 6.28. The molecule has 0 aliphatic carbocycles. The van der Waals surface area contributed by atoms with Crippen molar-refractivity contribution in [3.05, 3.63) is 53.7 Å². The minimum absolute atomic E-state index is 0.0567. The molecule has 25 heavy (non-hydrogen) atoms. The zero-order valence-electron chi connectivity index (χ0n) is 13.8. The number of fused-ring (bicyclic) bond motifs is 1. The van der Waals surface area contributed by atoms with Gasteiger partial charge in [0.2, 0.25) is 5.82 Å². The number of aromatic nitrogens is 3. The normalized spacial score (nSPS) is 11.4. The third kappa shape index (κ3) is 3.10. The van der Waals surface area contributed by atoms with Crippen LogP contribution in [0.4, 0.5) is 0 Å². The van der Waals surface area contributed by atoms with E-state index in [0.717, 1.165) is 22.0 Å². The lowest BCUT2D eigenvalue weighted by molar-refractivity contribution is 0.242. The molecule has 0 unspecified atom stereocenters. The third-order valence-corrected chi connectivity index (χ3v) is 4.08. The Morgan fingerprint density at radius 2 is 1.92 bits per heavy atom. The number of hydrogen-bond donors (Lipinski definition) is 1. The minimum atomic E-state index is 0.0567. The van der Waals surface area contributed by atoms with Gasteiger partial charge in [-0.25, -0.2) is 0 Å². The zero-order chi connectivity index (χ0) is 17.4. The van der Waals surface area contributed by atoms with E-state index in [1.807, 2.05) is 56.4 Å². The third-order valence-electron chi connectivity index (χ3n) is 3.78. The monoisotopic (exact) mass is 353 g/mol. The second-order valence-corrected chi connectivity index (χ2v) is 6.42. The van der Waals surface area contributed by atoms with E-state index in [1.165, 1.54) is 0 Å². The van der Waals surface area contributed by atoms with Crippen LogP contribution in [-0.2, 0) is 0 Å². The Balaban J connectivity index is 1.65. The molecule has 6 heteroatoms. The van der Waals surface area contributed by atoms with Crippen molar-refractivity contribution in [1.82, 2.24) is 15.1 Å². The summed E-state index contributed by atoms with van der Waals surface area (Å²) >= 11 is 6.28. The summed E-state index contributed by atoms with van der Waals surface area (Å²) < 4.78 is 11.0. The standard InChI is InChI=1S/C19H16ClN3O2/c1-11(2)24-17-6-5-14(9-15(17)20)19-22-18(23-25-19)13-4-3-12-7-8-21-16(12)10-13/h3-11,21H,1-2H3. The Kier molecular flexibility index (Phi) is 3.93. The van der Waals surface area contributed by atoms with Gasteiger partial charge in [-0.05, 0) is 49.6 Å². The van der Waals surface area contributed by atoms with E-state index in [4.69, 9.17) is 20.9 Å². The summed E-state index contributed by atoms with van der Waals surface area (Å²) in [5, 5.41) is 5.73. The summed E-state index contributed by atoms with van der Waals surface area (Å²) in [5.41, 5.74) is 2.67. The SMILES string of the molecule is CC(C)Oc1ccc(-c2nc(-c3ccc4cc[nH]c4c3)no2)cc1Cl. The molecule has 2 heterocycles. The highest BCUT2D eigenvalue weighted by molar-refractivity contribution is 6.32. The van der Waals surface area contributed by atoms with Crippen molar-refractivity contribution in [2.75, 3.05) is 0 Å². The number of rotatable bonds is 4. The maximum absolute atomic E-state index is 6.28. The van der Waals surface area contributed by atoms with Crippen LogP contribution in [0.15, 0.2) is 53.2 Å². The average molecular weight is 354 g/mol. The number of nitrogens with one attached hydrogen (secondary N) is 1. The first kappa shape index (κ1) is 15.7. The lowest BCUT2D eigenvalue weighted by Gasteiger charge is -2.11. The first-order valence-corrected chi connectivity index (χ1v) is 8.36. The molecule has 126 valence electrons. The van der Waals surface area contributed by atoms with Crippen molar-refractivity contribution in [2.45, 2.75) is 20.0 Å². The van der Waals surface area contributed by atoms with Crippen LogP contribution in [0, 0.1) is 0 Å². The first-order valence-electron chi connectivity index (χ1n) is 7.98. The Labute approximate surface area is 149 Å². The number of nitrogens with zero attached hydrogens (tertiary/aromatic N) is 2. The second kappa shape index (κ2) is 6.26. The summed E-state index contributed by atoms with van der Waals surface area (Å²) in [6.07, 6.45) is 1.96. The van der Waals surface area contributed by atoms with Crippen molar-refractivity contribution < 1.29 is 9.26 Å². The summed E-state index contributed by atoms with van der Waals surface area (Å²) in [5.74, 6) is 1.59. The molecule has 0 aliphatic rings. The molecule has 2 aromatic heterocycles. The molecule has 0 saturated heterocycles. The Hall–Kier alpha value is -2.79. The average Bonchev–Trinajstić information content (AvgIpc) is 3.24. The highest BCUT2D eigenvalue weighted by Gasteiger charge is 2.13. The van der Waals surface area contributed by atoms with Crippen molar-refractivity contribution in [3.8, 4) is 28.6 Å². The summed E-state index contributed by atoms with van der Waals surface area (Å²) in [6.45, 7) is 3.91. The molecule has 4 rings (SSSR count). The molecule has 0 bridgehead atoms. The van der Waals surface area contributed by atoms with E-state index in [1.54, 1.807) is 6.07 Å². The number of benzene rings is 2. The van der Waals surface area contributed by atoms with Gasteiger partial charge in [0.25, 0.3) is 5.89 Å². The fraction of sp³-hybridized carbons (Fsp3) is 0.158. The number of aromatic amines is 1. The van der Waals surface area contributed by atoms with Crippen molar-refractivity contribution in [1.29, 1.82) is 0 Å². The van der Waals surface area contributed by atoms with Gasteiger partial charge < -0.3 is 14.2 Å². The van der Waals surface area contributed by atoms with Gasteiger partial charge >= 0.3 is 0 Å².